The predicted molar refractivity (Wildman–Crippen MR) is 53.3 cm³/mol. The fourth-order valence-corrected chi connectivity index (χ4v) is 2.59. The van der Waals surface area contributed by atoms with Crippen LogP contribution in [0.2, 0.25) is 0 Å². The Morgan fingerprint density at radius 2 is 2.38 bits per heavy atom. The van der Waals surface area contributed by atoms with Gasteiger partial charge in [0.15, 0.2) is 0 Å². The smallest absolute Gasteiger partial charge is 0.140 e. The zero-order valence-corrected chi connectivity index (χ0v) is 7.91. The van der Waals surface area contributed by atoms with E-state index in [0.717, 1.165) is 19.3 Å². The SMILES string of the molecule is C=CCC[C@@H]1C[C@H]2C=C[C@@H]1C(=O)C2. The van der Waals surface area contributed by atoms with E-state index in [0.29, 0.717) is 17.6 Å². The summed E-state index contributed by atoms with van der Waals surface area (Å²) in [6.45, 7) is 3.72. The lowest BCUT2D eigenvalue weighted by atomic mass is 9.67. The zero-order chi connectivity index (χ0) is 9.26. The number of Topliss-reactive ketones (excluding diaryl/α,β-unsaturated/α-hetero) is 1. The number of hydrogen-bond donors (Lipinski definition) is 0. The number of ketones is 1. The highest BCUT2D eigenvalue weighted by Gasteiger charge is 2.36. The highest BCUT2D eigenvalue weighted by atomic mass is 16.1. The van der Waals surface area contributed by atoms with Gasteiger partial charge in [0.05, 0.1) is 0 Å². The molecule has 13 heavy (non-hydrogen) atoms. The summed E-state index contributed by atoms with van der Waals surface area (Å²) < 4.78 is 0. The van der Waals surface area contributed by atoms with E-state index in [4.69, 9.17) is 0 Å². The average Bonchev–Trinajstić information content (AvgIpc) is 2.15. The van der Waals surface area contributed by atoms with Gasteiger partial charge in [0, 0.05) is 12.3 Å². The summed E-state index contributed by atoms with van der Waals surface area (Å²) in [6, 6.07) is 0. The van der Waals surface area contributed by atoms with E-state index < -0.39 is 0 Å². The standard InChI is InChI=1S/C12H16O/c1-2-3-4-10-7-9-5-6-11(10)12(13)8-9/h2,5-6,9-11H,1,3-4,7-8H2/t9-,10-,11+/m1/s1. The first-order valence-corrected chi connectivity index (χ1v) is 5.13. The third kappa shape index (κ3) is 1.60. The first-order valence-electron chi connectivity index (χ1n) is 5.13. The van der Waals surface area contributed by atoms with Crippen LogP contribution in [-0.4, -0.2) is 5.78 Å². The summed E-state index contributed by atoms with van der Waals surface area (Å²) in [4.78, 5) is 11.6. The molecule has 0 aliphatic heterocycles. The van der Waals surface area contributed by atoms with Crippen molar-refractivity contribution in [1.29, 1.82) is 0 Å². The Balaban J connectivity index is 2.03. The molecule has 1 heteroatoms. The van der Waals surface area contributed by atoms with Crippen molar-refractivity contribution in [2.75, 3.05) is 0 Å². The molecule has 3 aliphatic rings. The van der Waals surface area contributed by atoms with Crippen LogP contribution in [-0.2, 0) is 4.79 Å². The molecule has 1 fully saturated rings. The molecule has 0 N–H and O–H groups in total. The van der Waals surface area contributed by atoms with Crippen LogP contribution in [0.5, 0.6) is 0 Å². The largest absolute Gasteiger partial charge is 0.299 e. The van der Waals surface area contributed by atoms with E-state index in [1.165, 1.54) is 6.42 Å². The van der Waals surface area contributed by atoms with Crippen molar-refractivity contribution in [2.24, 2.45) is 17.8 Å². The maximum absolute atomic E-state index is 11.6. The number of carbonyl (C=O) groups excluding carboxylic acids is 1. The Morgan fingerprint density at radius 3 is 3.00 bits per heavy atom. The fourth-order valence-electron chi connectivity index (χ4n) is 2.59. The molecule has 0 spiro atoms. The van der Waals surface area contributed by atoms with Crippen molar-refractivity contribution in [3.05, 3.63) is 24.8 Å². The van der Waals surface area contributed by atoms with Crippen molar-refractivity contribution in [3.63, 3.8) is 0 Å². The van der Waals surface area contributed by atoms with Gasteiger partial charge in [0.25, 0.3) is 0 Å². The van der Waals surface area contributed by atoms with E-state index >= 15 is 0 Å². The molecule has 0 heterocycles. The second kappa shape index (κ2) is 3.49. The molecule has 0 amide bonds. The zero-order valence-electron chi connectivity index (χ0n) is 7.91. The van der Waals surface area contributed by atoms with Crippen LogP contribution in [0.3, 0.4) is 0 Å². The monoisotopic (exact) mass is 176 g/mol. The number of fused-ring (bicyclic) bond motifs is 2. The molecular formula is C12H16O. The molecule has 3 atom stereocenters. The van der Waals surface area contributed by atoms with Crippen LogP contribution in [0.25, 0.3) is 0 Å². The molecule has 70 valence electrons. The van der Waals surface area contributed by atoms with Crippen molar-refractivity contribution in [2.45, 2.75) is 25.7 Å². The molecule has 0 radical (unpaired) electrons. The lowest BCUT2D eigenvalue weighted by Crippen LogP contribution is -2.34. The Bertz CT molecular complexity index is 252. The summed E-state index contributed by atoms with van der Waals surface area (Å²) in [6.07, 6.45) is 10.5. The Labute approximate surface area is 79.5 Å². The Morgan fingerprint density at radius 1 is 1.54 bits per heavy atom. The fraction of sp³-hybridized carbons (Fsp3) is 0.583. The van der Waals surface area contributed by atoms with Gasteiger partial charge in [0.1, 0.15) is 5.78 Å². The second-order valence-corrected chi connectivity index (χ2v) is 4.20. The van der Waals surface area contributed by atoms with Gasteiger partial charge in [-0.1, -0.05) is 18.2 Å². The molecule has 0 aromatic rings. The first-order chi connectivity index (χ1) is 6.31. The summed E-state index contributed by atoms with van der Waals surface area (Å²) in [5, 5.41) is 0. The van der Waals surface area contributed by atoms with Crippen LogP contribution in [0.1, 0.15) is 25.7 Å². The highest BCUT2D eigenvalue weighted by molar-refractivity contribution is 5.85. The van der Waals surface area contributed by atoms with Crippen molar-refractivity contribution >= 4 is 5.78 Å². The summed E-state index contributed by atoms with van der Waals surface area (Å²) in [5.74, 6) is 1.86. The molecule has 2 bridgehead atoms. The van der Waals surface area contributed by atoms with Gasteiger partial charge in [-0.25, -0.2) is 0 Å². The topological polar surface area (TPSA) is 17.1 Å². The van der Waals surface area contributed by atoms with Gasteiger partial charge in [-0.15, -0.1) is 6.58 Å². The van der Waals surface area contributed by atoms with Gasteiger partial charge in [-0.05, 0) is 31.1 Å². The third-order valence-electron chi connectivity index (χ3n) is 3.28. The lowest BCUT2D eigenvalue weighted by Gasteiger charge is -2.36. The average molecular weight is 176 g/mol. The minimum atomic E-state index is 0.241. The van der Waals surface area contributed by atoms with Crippen molar-refractivity contribution in [1.82, 2.24) is 0 Å². The maximum Gasteiger partial charge on any atom is 0.140 e. The molecule has 3 rings (SSSR count). The minimum Gasteiger partial charge on any atom is -0.299 e. The van der Waals surface area contributed by atoms with E-state index in [1.54, 1.807) is 0 Å². The molecule has 0 aromatic heterocycles. The van der Waals surface area contributed by atoms with Crippen LogP contribution >= 0.6 is 0 Å². The Kier molecular flexibility index (Phi) is 2.34. The predicted octanol–water partition coefficient (Wildman–Crippen LogP) is 2.73. The molecule has 0 saturated heterocycles. The maximum atomic E-state index is 11.6. The van der Waals surface area contributed by atoms with Gasteiger partial charge in [0.2, 0.25) is 0 Å². The molecule has 0 aromatic carbocycles. The number of rotatable bonds is 3. The van der Waals surface area contributed by atoms with Gasteiger partial charge in [-0.2, -0.15) is 0 Å². The van der Waals surface area contributed by atoms with Crippen molar-refractivity contribution in [3.8, 4) is 0 Å². The number of carbonyl (C=O) groups is 1. The highest BCUT2D eigenvalue weighted by Crippen LogP contribution is 2.40. The van der Waals surface area contributed by atoms with Crippen LogP contribution in [0.15, 0.2) is 24.8 Å². The normalized spacial score (nSPS) is 36.6. The van der Waals surface area contributed by atoms with Crippen LogP contribution in [0.4, 0.5) is 0 Å². The quantitative estimate of drug-likeness (QED) is 0.604. The second-order valence-electron chi connectivity index (χ2n) is 4.20. The molecular weight excluding hydrogens is 160 g/mol. The van der Waals surface area contributed by atoms with Crippen LogP contribution in [0, 0.1) is 17.8 Å². The minimum absolute atomic E-state index is 0.241. The molecule has 0 unspecified atom stereocenters. The summed E-state index contributed by atoms with van der Waals surface area (Å²) in [5.41, 5.74) is 0. The van der Waals surface area contributed by atoms with Gasteiger partial charge >= 0.3 is 0 Å². The number of hydrogen-bond acceptors (Lipinski definition) is 1. The van der Waals surface area contributed by atoms with E-state index in [1.807, 2.05) is 6.08 Å². The van der Waals surface area contributed by atoms with Crippen molar-refractivity contribution < 1.29 is 4.79 Å². The van der Waals surface area contributed by atoms with E-state index in [-0.39, 0.29) is 5.92 Å². The first kappa shape index (κ1) is 8.74. The summed E-state index contributed by atoms with van der Waals surface area (Å²) >= 11 is 0. The van der Waals surface area contributed by atoms with Crippen LogP contribution < -0.4 is 0 Å². The van der Waals surface area contributed by atoms with Gasteiger partial charge in [-0.3, -0.25) is 4.79 Å². The molecule has 3 aliphatic carbocycles. The van der Waals surface area contributed by atoms with E-state index in [9.17, 15) is 4.79 Å². The lowest BCUT2D eigenvalue weighted by molar-refractivity contribution is -0.126. The summed E-state index contributed by atoms with van der Waals surface area (Å²) in [7, 11) is 0. The Hall–Kier alpha value is -0.850. The van der Waals surface area contributed by atoms with E-state index in [2.05, 4.69) is 18.7 Å². The number of allylic oxidation sites excluding steroid dienone is 3. The molecule has 1 saturated carbocycles. The molecule has 1 nitrogen and oxygen atoms in total. The van der Waals surface area contributed by atoms with Gasteiger partial charge < -0.3 is 0 Å². The third-order valence-corrected chi connectivity index (χ3v) is 3.28.